The molecule has 0 radical (unpaired) electrons. The predicted molar refractivity (Wildman–Crippen MR) is 108 cm³/mol. The molecule has 0 bridgehead atoms. The van der Waals surface area contributed by atoms with E-state index in [0.29, 0.717) is 5.41 Å². The molecule has 1 unspecified atom stereocenters. The van der Waals surface area contributed by atoms with Crippen LogP contribution in [0.15, 0.2) is 67.3 Å². The number of benzene rings is 2. The van der Waals surface area contributed by atoms with Gasteiger partial charge >= 0.3 is 0 Å². The van der Waals surface area contributed by atoms with Gasteiger partial charge in [0.05, 0.1) is 12.4 Å². The molecule has 0 aliphatic heterocycles. The fraction of sp³-hybridized carbons (Fsp3) is 0.348. The summed E-state index contributed by atoms with van der Waals surface area (Å²) in [5.41, 5.74) is 4.29. The summed E-state index contributed by atoms with van der Waals surface area (Å²) in [4.78, 5) is 4.25. The molecule has 26 heavy (non-hydrogen) atoms. The predicted octanol–water partition coefficient (Wildman–Crippen LogP) is 6.40. The normalized spacial score (nSPS) is 17.8. The highest BCUT2D eigenvalue weighted by molar-refractivity contribution is 6.30. The van der Waals surface area contributed by atoms with Crippen LogP contribution in [0.5, 0.6) is 0 Å². The number of aromatic nitrogens is 2. The van der Waals surface area contributed by atoms with Crippen LogP contribution in [-0.4, -0.2) is 9.55 Å². The molecule has 1 heterocycles. The average Bonchev–Trinajstić information content (AvgIpc) is 3.19. The van der Waals surface area contributed by atoms with Crippen LogP contribution in [0.3, 0.4) is 0 Å². The smallest absolute Gasteiger partial charge is 0.0954 e. The van der Waals surface area contributed by atoms with Gasteiger partial charge < -0.3 is 4.57 Å². The Morgan fingerprint density at radius 1 is 0.923 bits per heavy atom. The Morgan fingerprint density at radius 3 is 2.12 bits per heavy atom. The van der Waals surface area contributed by atoms with E-state index in [1.807, 2.05) is 30.9 Å². The van der Waals surface area contributed by atoms with Crippen LogP contribution in [0.4, 0.5) is 0 Å². The number of rotatable bonds is 4. The Labute approximate surface area is 160 Å². The third-order valence-corrected chi connectivity index (χ3v) is 6.14. The molecular weight excluding hydrogens is 340 g/mol. The highest BCUT2D eigenvalue weighted by Gasteiger charge is 2.28. The van der Waals surface area contributed by atoms with Crippen molar-refractivity contribution in [3.8, 4) is 0 Å². The molecule has 1 saturated carbocycles. The molecule has 0 N–H and O–H groups in total. The van der Waals surface area contributed by atoms with Crippen molar-refractivity contribution in [3.63, 3.8) is 0 Å². The summed E-state index contributed by atoms with van der Waals surface area (Å²) in [5, 5.41) is 0.763. The van der Waals surface area contributed by atoms with Crippen molar-refractivity contribution in [2.45, 2.75) is 50.5 Å². The lowest BCUT2D eigenvalue weighted by molar-refractivity contribution is 0.319. The summed E-state index contributed by atoms with van der Waals surface area (Å²) in [5.74, 6) is 0. The third kappa shape index (κ3) is 3.43. The minimum Gasteiger partial charge on any atom is -0.326 e. The van der Waals surface area contributed by atoms with Crippen molar-refractivity contribution < 1.29 is 0 Å². The highest BCUT2D eigenvalue weighted by Crippen LogP contribution is 2.39. The summed E-state index contributed by atoms with van der Waals surface area (Å²) in [7, 11) is 0. The standard InChI is InChI=1S/C23H25ClN2/c1-23(13-3-2-4-14-23)20-9-5-18(6-10-20)22(26-16-15-25-17-26)19-7-11-21(24)12-8-19/h5-12,15-17,22H,2-4,13-14H2,1H3. The Hall–Kier alpha value is -2.06. The molecule has 2 aromatic carbocycles. The van der Waals surface area contributed by atoms with Crippen molar-refractivity contribution >= 4 is 11.6 Å². The average molecular weight is 365 g/mol. The van der Waals surface area contributed by atoms with Crippen molar-refractivity contribution in [3.05, 3.63) is 89.0 Å². The van der Waals surface area contributed by atoms with Gasteiger partial charge in [-0.25, -0.2) is 4.98 Å². The lowest BCUT2D eigenvalue weighted by Gasteiger charge is -2.34. The van der Waals surface area contributed by atoms with Gasteiger partial charge in [0.1, 0.15) is 0 Å². The summed E-state index contributed by atoms with van der Waals surface area (Å²) >= 11 is 6.09. The zero-order chi connectivity index (χ0) is 18.0. The molecule has 3 heteroatoms. The van der Waals surface area contributed by atoms with Crippen LogP contribution in [0.25, 0.3) is 0 Å². The van der Waals surface area contributed by atoms with Gasteiger partial charge in [0.15, 0.2) is 0 Å². The van der Waals surface area contributed by atoms with E-state index in [4.69, 9.17) is 11.6 Å². The van der Waals surface area contributed by atoms with E-state index in [0.717, 1.165) is 5.02 Å². The zero-order valence-corrected chi connectivity index (χ0v) is 16.0. The van der Waals surface area contributed by atoms with Gasteiger partial charge in [-0.15, -0.1) is 0 Å². The van der Waals surface area contributed by atoms with Crippen molar-refractivity contribution in [2.75, 3.05) is 0 Å². The maximum absolute atomic E-state index is 6.09. The molecule has 1 aromatic heterocycles. The van der Waals surface area contributed by atoms with Gasteiger partial charge in [0.25, 0.3) is 0 Å². The minimum atomic E-state index is 0.114. The maximum Gasteiger partial charge on any atom is 0.0954 e. The molecule has 0 spiro atoms. The first-order valence-electron chi connectivity index (χ1n) is 9.49. The van der Waals surface area contributed by atoms with Gasteiger partial charge in [-0.3, -0.25) is 0 Å². The fourth-order valence-electron chi connectivity index (χ4n) is 4.29. The topological polar surface area (TPSA) is 17.8 Å². The second-order valence-electron chi connectivity index (χ2n) is 7.71. The number of halogens is 1. The van der Waals surface area contributed by atoms with E-state index < -0.39 is 0 Å². The van der Waals surface area contributed by atoms with Gasteiger partial charge in [0.2, 0.25) is 0 Å². The minimum absolute atomic E-state index is 0.114. The zero-order valence-electron chi connectivity index (χ0n) is 15.2. The molecule has 1 aliphatic carbocycles. The van der Waals surface area contributed by atoms with Gasteiger partial charge in [-0.1, -0.05) is 74.2 Å². The number of nitrogens with zero attached hydrogens (tertiary/aromatic N) is 2. The Kier molecular flexibility index (Phi) is 4.86. The first kappa shape index (κ1) is 17.4. The second-order valence-corrected chi connectivity index (χ2v) is 8.14. The molecule has 4 rings (SSSR count). The van der Waals surface area contributed by atoms with Crippen LogP contribution >= 0.6 is 11.6 Å². The fourth-order valence-corrected chi connectivity index (χ4v) is 4.42. The van der Waals surface area contributed by atoms with E-state index in [1.54, 1.807) is 0 Å². The van der Waals surface area contributed by atoms with Gasteiger partial charge in [-0.05, 0) is 47.1 Å². The molecule has 0 amide bonds. The van der Waals surface area contributed by atoms with Gasteiger partial charge in [-0.2, -0.15) is 0 Å². The number of hydrogen-bond donors (Lipinski definition) is 0. The van der Waals surface area contributed by atoms with Crippen molar-refractivity contribution in [1.82, 2.24) is 9.55 Å². The molecular formula is C23H25ClN2. The first-order valence-corrected chi connectivity index (χ1v) is 9.87. The summed E-state index contributed by atoms with van der Waals surface area (Å²) in [6, 6.07) is 17.5. The van der Waals surface area contributed by atoms with E-state index >= 15 is 0 Å². The molecule has 3 aromatic rings. The maximum atomic E-state index is 6.09. The molecule has 1 fully saturated rings. The first-order chi connectivity index (χ1) is 12.7. The Bertz CT molecular complexity index is 829. The number of imidazole rings is 1. The number of hydrogen-bond acceptors (Lipinski definition) is 1. The quantitative estimate of drug-likeness (QED) is 0.524. The highest BCUT2D eigenvalue weighted by atomic mass is 35.5. The van der Waals surface area contributed by atoms with Crippen LogP contribution in [0.1, 0.15) is 61.8 Å². The SMILES string of the molecule is CC1(c2ccc(C(c3ccc(Cl)cc3)n3ccnc3)cc2)CCCCC1. The lowest BCUT2D eigenvalue weighted by Crippen LogP contribution is -2.25. The largest absolute Gasteiger partial charge is 0.326 e. The Balaban J connectivity index is 1.69. The van der Waals surface area contributed by atoms with E-state index in [1.165, 1.54) is 48.8 Å². The summed E-state index contributed by atoms with van der Waals surface area (Å²) in [6.45, 7) is 2.42. The summed E-state index contributed by atoms with van der Waals surface area (Å²) in [6.07, 6.45) is 12.4. The van der Waals surface area contributed by atoms with Crippen molar-refractivity contribution in [2.24, 2.45) is 0 Å². The molecule has 0 saturated heterocycles. The van der Waals surface area contributed by atoms with Crippen LogP contribution < -0.4 is 0 Å². The molecule has 1 aliphatic rings. The molecule has 1 atom stereocenters. The van der Waals surface area contributed by atoms with Gasteiger partial charge in [0, 0.05) is 17.4 Å². The Morgan fingerprint density at radius 2 is 1.54 bits per heavy atom. The van der Waals surface area contributed by atoms with Crippen LogP contribution in [0, 0.1) is 0 Å². The second kappa shape index (κ2) is 7.28. The van der Waals surface area contributed by atoms with Crippen molar-refractivity contribution in [1.29, 1.82) is 0 Å². The molecule has 2 nitrogen and oxygen atoms in total. The lowest BCUT2D eigenvalue weighted by atomic mass is 9.71. The monoisotopic (exact) mass is 364 g/mol. The van der Waals surface area contributed by atoms with E-state index in [-0.39, 0.29) is 6.04 Å². The van der Waals surface area contributed by atoms with E-state index in [2.05, 4.69) is 52.9 Å². The summed E-state index contributed by atoms with van der Waals surface area (Å²) < 4.78 is 2.15. The third-order valence-electron chi connectivity index (χ3n) is 5.89. The van der Waals surface area contributed by atoms with E-state index in [9.17, 15) is 0 Å². The van der Waals surface area contributed by atoms with Crippen LogP contribution in [-0.2, 0) is 5.41 Å². The van der Waals surface area contributed by atoms with Crippen LogP contribution in [0.2, 0.25) is 5.02 Å². The molecule has 134 valence electrons.